The molecule has 0 atom stereocenters. The first-order valence-corrected chi connectivity index (χ1v) is 11.2. The summed E-state index contributed by atoms with van der Waals surface area (Å²) in [6, 6.07) is 8.55. The van der Waals surface area contributed by atoms with Crippen molar-refractivity contribution in [1.82, 2.24) is 0 Å². The van der Waals surface area contributed by atoms with Gasteiger partial charge in [0.15, 0.2) is 5.84 Å². The maximum absolute atomic E-state index is 12.7. The van der Waals surface area contributed by atoms with Crippen LogP contribution in [0.5, 0.6) is 5.75 Å². The largest absolute Gasteiger partial charge is 0.507 e. The fourth-order valence-electron chi connectivity index (χ4n) is 3.18. The van der Waals surface area contributed by atoms with Crippen LogP contribution in [0.3, 0.4) is 0 Å². The number of nitrogens with one attached hydrogen (secondary N) is 1. The van der Waals surface area contributed by atoms with Gasteiger partial charge < -0.3 is 10.4 Å². The van der Waals surface area contributed by atoms with Gasteiger partial charge in [0.25, 0.3) is 10.0 Å². The molecule has 1 aliphatic heterocycles. The molecule has 1 aliphatic rings. The van der Waals surface area contributed by atoms with Crippen LogP contribution in [0.25, 0.3) is 0 Å². The Bertz CT molecular complexity index is 1060. The molecule has 1 heterocycles. The fraction of sp³-hybridized carbons (Fsp3) is 0.381. The van der Waals surface area contributed by atoms with Crippen LogP contribution in [-0.2, 0) is 20.9 Å². The van der Waals surface area contributed by atoms with Crippen molar-refractivity contribution in [2.45, 2.75) is 57.3 Å². The summed E-state index contributed by atoms with van der Waals surface area (Å²) >= 11 is 3.38. The number of benzene rings is 2. The minimum atomic E-state index is -3.82. The van der Waals surface area contributed by atoms with Crippen LogP contribution in [0.2, 0.25) is 0 Å². The zero-order chi connectivity index (χ0) is 21.1. The van der Waals surface area contributed by atoms with E-state index in [1.54, 1.807) is 12.1 Å². The Morgan fingerprint density at radius 1 is 0.964 bits per heavy atom. The van der Waals surface area contributed by atoms with Gasteiger partial charge in [0, 0.05) is 21.2 Å². The highest BCUT2D eigenvalue weighted by Gasteiger charge is 2.30. The van der Waals surface area contributed by atoms with Crippen LogP contribution < -0.4 is 5.32 Å². The van der Waals surface area contributed by atoms with E-state index in [0.29, 0.717) is 11.3 Å². The van der Waals surface area contributed by atoms with E-state index in [0.717, 1.165) is 15.6 Å². The van der Waals surface area contributed by atoms with Crippen molar-refractivity contribution in [2.75, 3.05) is 5.32 Å². The molecule has 0 saturated carbocycles. The number of nitrogens with zero attached hydrogens (tertiary/aromatic N) is 1. The Balaban J connectivity index is 2.26. The predicted molar refractivity (Wildman–Crippen MR) is 117 cm³/mol. The van der Waals surface area contributed by atoms with Gasteiger partial charge in [-0.3, -0.25) is 0 Å². The maximum Gasteiger partial charge on any atom is 0.286 e. The van der Waals surface area contributed by atoms with Crippen LogP contribution in [-0.4, -0.2) is 19.4 Å². The van der Waals surface area contributed by atoms with Crippen molar-refractivity contribution in [3.63, 3.8) is 0 Å². The van der Waals surface area contributed by atoms with Gasteiger partial charge in [0.1, 0.15) is 10.6 Å². The average molecular weight is 465 g/mol. The third-order valence-electron chi connectivity index (χ3n) is 4.68. The molecule has 28 heavy (non-hydrogen) atoms. The lowest BCUT2D eigenvalue weighted by molar-refractivity contribution is 0.423. The van der Waals surface area contributed by atoms with Gasteiger partial charge in [0.05, 0.1) is 5.69 Å². The van der Waals surface area contributed by atoms with Crippen LogP contribution in [0.4, 0.5) is 5.69 Å². The zero-order valence-electron chi connectivity index (χ0n) is 16.9. The molecular weight excluding hydrogens is 440 g/mol. The molecule has 0 saturated heterocycles. The third-order valence-corrected chi connectivity index (χ3v) is 6.51. The van der Waals surface area contributed by atoms with Crippen molar-refractivity contribution >= 4 is 37.5 Å². The van der Waals surface area contributed by atoms with Crippen molar-refractivity contribution in [3.8, 4) is 5.75 Å². The summed E-state index contributed by atoms with van der Waals surface area (Å²) in [5.74, 6) is 0.493. The van der Waals surface area contributed by atoms with Crippen molar-refractivity contribution in [1.29, 1.82) is 0 Å². The Hall–Kier alpha value is -1.86. The predicted octanol–water partition coefficient (Wildman–Crippen LogP) is 5.31. The summed E-state index contributed by atoms with van der Waals surface area (Å²) in [4.78, 5) is 0.144. The van der Waals surface area contributed by atoms with E-state index in [9.17, 15) is 13.5 Å². The summed E-state index contributed by atoms with van der Waals surface area (Å²) < 4.78 is 30.2. The first-order valence-electron chi connectivity index (χ1n) is 9.00. The maximum atomic E-state index is 12.7. The second-order valence-corrected chi connectivity index (χ2v) is 11.6. The lowest BCUT2D eigenvalue weighted by Crippen LogP contribution is -2.25. The number of phenols is 1. The van der Waals surface area contributed by atoms with Gasteiger partial charge in [-0.1, -0.05) is 57.5 Å². The number of halogens is 1. The Morgan fingerprint density at radius 2 is 1.50 bits per heavy atom. The standard InChI is InChI=1S/C21H25BrN2O3S/c1-20(2,3)14-9-12(10-15(18(14)25)21(4,5)6)19-23-16-11-13(22)7-8-17(16)28(26,27)24-19/h7-11,25H,1-6H3,(H,23,24). The van der Waals surface area contributed by atoms with Gasteiger partial charge >= 0.3 is 0 Å². The molecule has 0 unspecified atom stereocenters. The molecule has 150 valence electrons. The highest BCUT2D eigenvalue weighted by Crippen LogP contribution is 2.40. The van der Waals surface area contributed by atoms with E-state index < -0.39 is 10.0 Å². The minimum absolute atomic E-state index is 0.144. The third kappa shape index (κ3) is 3.82. The summed E-state index contributed by atoms with van der Waals surface area (Å²) in [5, 5.41) is 14.0. The van der Waals surface area contributed by atoms with E-state index in [-0.39, 0.29) is 27.3 Å². The number of hydrogen-bond acceptors (Lipinski definition) is 4. The van der Waals surface area contributed by atoms with E-state index in [2.05, 4.69) is 25.6 Å². The van der Waals surface area contributed by atoms with Crippen LogP contribution >= 0.6 is 15.9 Å². The molecule has 0 bridgehead atoms. The number of hydrogen-bond donors (Lipinski definition) is 2. The normalized spacial score (nSPS) is 16.2. The highest BCUT2D eigenvalue weighted by atomic mass is 79.9. The first-order chi connectivity index (χ1) is 12.7. The van der Waals surface area contributed by atoms with Crippen LogP contribution in [0.1, 0.15) is 58.2 Å². The van der Waals surface area contributed by atoms with Gasteiger partial charge in [-0.05, 0) is 41.2 Å². The van der Waals surface area contributed by atoms with E-state index in [1.165, 1.54) is 6.07 Å². The van der Waals surface area contributed by atoms with E-state index in [1.807, 2.05) is 53.7 Å². The van der Waals surface area contributed by atoms with Crippen molar-refractivity contribution in [2.24, 2.45) is 4.40 Å². The quantitative estimate of drug-likeness (QED) is 0.598. The Kier molecular flexibility index (Phi) is 4.91. The molecule has 0 fully saturated rings. The number of aromatic hydroxyl groups is 1. The molecule has 5 nitrogen and oxygen atoms in total. The smallest absolute Gasteiger partial charge is 0.286 e. The molecule has 2 aromatic carbocycles. The number of amidine groups is 1. The summed E-state index contributed by atoms with van der Waals surface area (Å²) in [7, 11) is -3.82. The molecule has 2 N–H and O–H groups in total. The topological polar surface area (TPSA) is 78.8 Å². The monoisotopic (exact) mass is 464 g/mol. The lowest BCUT2D eigenvalue weighted by atomic mass is 9.78. The second kappa shape index (κ2) is 6.59. The molecule has 7 heteroatoms. The second-order valence-electron chi connectivity index (χ2n) is 9.10. The number of anilines is 1. The average Bonchev–Trinajstić information content (AvgIpc) is 2.51. The number of phenolic OH excluding ortho intramolecular Hbond substituents is 1. The van der Waals surface area contributed by atoms with Gasteiger partial charge in [-0.2, -0.15) is 8.42 Å². The molecule has 0 radical (unpaired) electrons. The number of rotatable bonds is 1. The molecule has 0 spiro atoms. The van der Waals surface area contributed by atoms with Gasteiger partial charge in [-0.15, -0.1) is 4.40 Å². The van der Waals surface area contributed by atoms with E-state index in [4.69, 9.17) is 0 Å². The molecule has 0 amide bonds. The SMILES string of the molecule is CC(C)(C)c1cc(C2=NS(=O)(=O)c3ccc(Br)cc3N2)cc(C(C)(C)C)c1O. The molecule has 0 aliphatic carbocycles. The highest BCUT2D eigenvalue weighted by molar-refractivity contribution is 9.10. The lowest BCUT2D eigenvalue weighted by Gasteiger charge is -2.29. The number of fused-ring (bicyclic) bond motifs is 1. The molecular formula is C21H25BrN2O3S. The summed E-state index contributed by atoms with van der Waals surface area (Å²) in [5.41, 5.74) is 1.95. The van der Waals surface area contributed by atoms with Gasteiger partial charge in [0.2, 0.25) is 0 Å². The van der Waals surface area contributed by atoms with Gasteiger partial charge in [-0.25, -0.2) is 0 Å². The Labute approximate surface area is 175 Å². The van der Waals surface area contributed by atoms with Crippen LogP contribution in [0.15, 0.2) is 44.1 Å². The van der Waals surface area contributed by atoms with E-state index >= 15 is 0 Å². The minimum Gasteiger partial charge on any atom is -0.507 e. The molecule has 2 aromatic rings. The molecule has 0 aromatic heterocycles. The van der Waals surface area contributed by atoms with Crippen molar-refractivity contribution in [3.05, 3.63) is 51.5 Å². The summed E-state index contributed by atoms with van der Waals surface area (Å²) in [6.07, 6.45) is 0. The van der Waals surface area contributed by atoms with Crippen molar-refractivity contribution < 1.29 is 13.5 Å². The first kappa shape index (κ1) is 20.9. The summed E-state index contributed by atoms with van der Waals surface area (Å²) in [6.45, 7) is 12.1. The molecule has 3 rings (SSSR count). The number of sulfonamides is 1. The fourth-order valence-corrected chi connectivity index (χ4v) is 4.66. The zero-order valence-corrected chi connectivity index (χ0v) is 19.3. The Morgan fingerprint density at radius 3 is 2.00 bits per heavy atom. The van der Waals surface area contributed by atoms with Crippen LogP contribution in [0, 0.1) is 0 Å².